The van der Waals surface area contributed by atoms with Crippen LogP contribution in [-0.4, -0.2) is 38.7 Å². The highest BCUT2D eigenvalue weighted by molar-refractivity contribution is 6.08. The Morgan fingerprint density at radius 1 is 1.12 bits per heavy atom. The zero-order valence-corrected chi connectivity index (χ0v) is 13.5. The number of nitrogens with zero attached hydrogens (tertiary/aromatic N) is 6. The Balaban J connectivity index is 1.40. The van der Waals surface area contributed by atoms with Crippen LogP contribution in [0.1, 0.15) is 28.9 Å². The van der Waals surface area contributed by atoms with E-state index in [9.17, 15) is 4.79 Å². The van der Waals surface area contributed by atoms with Gasteiger partial charge >= 0.3 is 6.01 Å². The largest absolute Gasteiger partial charge is 0.432 e. The molecule has 8 heteroatoms. The third-order valence-electron chi connectivity index (χ3n) is 4.65. The van der Waals surface area contributed by atoms with E-state index in [4.69, 9.17) is 4.42 Å². The molecule has 0 radical (unpaired) electrons. The first-order valence-corrected chi connectivity index (χ1v) is 8.31. The number of pyridine rings is 1. The highest BCUT2D eigenvalue weighted by Crippen LogP contribution is 2.27. The van der Waals surface area contributed by atoms with Crippen LogP contribution in [-0.2, 0) is 6.54 Å². The molecule has 1 amide bonds. The van der Waals surface area contributed by atoms with Gasteiger partial charge in [-0.25, -0.2) is 14.6 Å². The van der Waals surface area contributed by atoms with Crippen LogP contribution in [0.4, 0.5) is 11.8 Å². The Hall–Kier alpha value is -3.16. The molecule has 25 heavy (non-hydrogen) atoms. The van der Waals surface area contributed by atoms with Crippen LogP contribution in [0, 0.1) is 0 Å². The van der Waals surface area contributed by atoms with Crippen molar-refractivity contribution in [1.29, 1.82) is 0 Å². The smallest absolute Gasteiger partial charge is 0.304 e. The molecule has 0 aliphatic carbocycles. The molecule has 1 fully saturated rings. The van der Waals surface area contributed by atoms with Crippen LogP contribution in [0.15, 0.2) is 41.4 Å². The summed E-state index contributed by atoms with van der Waals surface area (Å²) in [5, 5.41) is 4.53. The maximum atomic E-state index is 12.5. The second-order valence-corrected chi connectivity index (χ2v) is 6.21. The summed E-state index contributed by atoms with van der Waals surface area (Å²) >= 11 is 0. The van der Waals surface area contributed by atoms with Gasteiger partial charge in [0.15, 0.2) is 0 Å². The highest BCUT2D eigenvalue weighted by Gasteiger charge is 2.34. The van der Waals surface area contributed by atoms with Crippen LogP contribution in [0.5, 0.6) is 0 Å². The van der Waals surface area contributed by atoms with Gasteiger partial charge in [-0.2, -0.15) is 5.10 Å². The van der Waals surface area contributed by atoms with E-state index < -0.39 is 0 Å². The van der Waals surface area contributed by atoms with Crippen molar-refractivity contribution in [3.63, 3.8) is 0 Å². The fraction of sp³-hybridized carbons (Fsp3) is 0.294. The van der Waals surface area contributed by atoms with Gasteiger partial charge in [-0.15, -0.1) is 0 Å². The molecule has 1 saturated heterocycles. The van der Waals surface area contributed by atoms with Crippen LogP contribution < -0.4 is 9.80 Å². The van der Waals surface area contributed by atoms with Gasteiger partial charge in [0.25, 0.3) is 5.91 Å². The molecule has 0 spiro atoms. The van der Waals surface area contributed by atoms with Crippen molar-refractivity contribution in [2.75, 3.05) is 22.9 Å². The predicted octanol–water partition coefficient (Wildman–Crippen LogP) is 2.02. The zero-order chi connectivity index (χ0) is 16.8. The van der Waals surface area contributed by atoms with E-state index in [0.29, 0.717) is 23.8 Å². The van der Waals surface area contributed by atoms with Crippen LogP contribution in [0.25, 0.3) is 5.69 Å². The number of fused-ring (bicyclic) bond motifs is 1. The van der Waals surface area contributed by atoms with Crippen molar-refractivity contribution in [1.82, 2.24) is 19.7 Å². The number of carbonyl (C=O) groups is 1. The van der Waals surface area contributed by atoms with Gasteiger partial charge in [0.1, 0.15) is 12.1 Å². The van der Waals surface area contributed by atoms with Gasteiger partial charge in [-0.3, -0.25) is 9.69 Å². The minimum absolute atomic E-state index is 0.148. The molecule has 5 rings (SSSR count). The molecular weight excluding hydrogens is 320 g/mol. The fourth-order valence-electron chi connectivity index (χ4n) is 3.36. The fourth-order valence-corrected chi connectivity index (χ4v) is 3.36. The van der Waals surface area contributed by atoms with Gasteiger partial charge in [0.05, 0.1) is 35.9 Å². The molecule has 2 aliphatic heterocycles. The standard InChI is InChI=1S/C17H16N6O2/c24-16-13-10-23(20-14(13)11-22(16)17-18-5-8-25-17)12-3-4-15(19-9-12)21-6-1-2-7-21/h3-5,8-10H,1-2,6-7,11H2. The van der Waals surface area contributed by atoms with Crippen molar-refractivity contribution in [2.24, 2.45) is 0 Å². The molecule has 0 bridgehead atoms. The second kappa shape index (κ2) is 5.44. The van der Waals surface area contributed by atoms with E-state index in [1.165, 1.54) is 30.2 Å². The van der Waals surface area contributed by atoms with Gasteiger partial charge in [-0.05, 0) is 25.0 Å². The summed E-state index contributed by atoms with van der Waals surface area (Å²) in [6.07, 6.45) is 8.95. The van der Waals surface area contributed by atoms with Crippen molar-refractivity contribution in [2.45, 2.75) is 19.4 Å². The summed E-state index contributed by atoms with van der Waals surface area (Å²) in [6.45, 7) is 2.49. The molecule has 0 aromatic carbocycles. The molecule has 0 atom stereocenters. The minimum Gasteiger partial charge on any atom is -0.432 e. The Morgan fingerprint density at radius 3 is 2.68 bits per heavy atom. The Labute approximate surface area is 143 Å². The lowest BCUT2D eigenvalue weighted by Crippen LogP contribution is -2.24. The zero-order valence-electron chi connectivity index (χ0n) is 13.5. The SMILES string of the molecule is O=C1c2cn(-c3ccc(N4CCCC4)nc3)nc2CN1c1ncco1. The summed E-state index contributed by atoms with van der Waals surface area (Å²) in [5.74, 6) is 0.845. The minimum atomic E-state index is -0.148. The Kier molecular flexibility index (Phi) is 3.09. The molecule has 0 N–H and O–H groups in total. The number of rotatable bonds is 3. The molecule has 5 heterocycles. The average molecular weight is 336 g/mol. The molecule has 3 aromatic rings. The van der Waals surface area contributed by atoms with Crippen molar-refractivity contribution in [3.8, 4) is 5.69 Å². The van der Waals surface area contributed by atoms with Crippen molar-refractivity contribution >= 4 is 17.7 Å². The lowest BCUT2D eigenvalue weighted by Gasteiger charge is -2.16. The first-order chi connectivity index (χ1) is 12.3. The molecule has 2 aliphatic rings. The summed E-state index contributed by atoms with van der Waals surface area (Å²) in [5.41, 5.74) is 2.13. The van der Waals surface area contributed by atoms with Crippen LogP contribution in [0.3, 0.4) is 0 Å². The van der Waals surface area contributed by atoms with Crippen LogP contribution in [0.2, 0.25) is 0 Å². The van der Waals surface area contributed by atoms with E-state index in [1.54, 1.807) is 17.1 Å². The first-order valence-electron chi connectivity index (χ1n) is 8.31. The number of hydrogen-bond donors (Lipinski definition) is 0. The lowest BCUT2D eigenvalue weighted by molar-refractivity contribution is 0.0991. The number of anilines is 2. The van der Waals surface area contributed by atoms with E-state index in [-0.39, 0.29) is 5.91 Å². The highest BCUT2D eigenvalue weighted by atomic mass is 16.4. The van der Waals surface area contributed by atoms with E-state index >= 15 is 0 Å². The molecule has 0 saturated carbocycles. The second-order valence-electron chi connectivity index (χ2n) is 6.21. The molecule has 126 valence electrons. The number of oxazole rings is 1. The third-order valence-corrected chi connectivity index (χ3v) is 4.65. The quantitative estimate of drug-likeness (QED) is 0.728. The monoisotopic (exact) mass is 336 g/mol. The Morgan fingerprint density at radius 2 is 2.00 bits per heavy atom. The average Bonchev–Trinajstić information content (AvgIpc) is 3.42. The van der Waals surface area contributed by atoms with Gasteiger partial charge < -0.3 is 9.32 Å². The van der Waals surface area contributed by atoms with Crippen LogP contribution >= 0.6 is 0 Å². The van der Waals surface area contributed by atoms with Crippen molar-refractivity contribution in [3.05, 3.63) is 48.2 Å². The topological polar surface area (TPSA) is 80.3 Å². The van der Waals surface area contributed by atoms with Gasteiger partial charge in [-0.1, -0.05) is 0 Å². The molecule has 3 aromatic heterocycles. The van der Waals surface area contributed by atoms with E-state index in [1.807, 2.05) is 12.1 Å². The lowest BCUT2D eigenvalue weighted by atomic mass is 10.3. The predicted molar refractivity (Wildman–Crippen MR) is 89.8 cm³/mol. The summed E-state index contributed by atoms with van der Waals surface area (Å²) < 4.78 is 6.91. The Bertz CT molecular complexity index is 909. The van der Waals surface area contributed by atoms with Crippen molar-refractivity contribution < 1.29 is 9.21 Å². The molecular formula is C17H16N6O2. The van der Waals surface area contributed by atoms with Gasteiger partial charge in [0, 0.05) is 19.3 Å². The number of aromatic nitrogens is 4. The maximum Gasteiger partial charge on any atom is 0.304 e. The number of hydrogen-bond acceptors (Lipinski definition) is 6. The maximum absolute atomic E-state index is 12.5. The third kappa shape index (κ3) is 2.29. The number of carbonyl (C=O) groups excluding carboxylic acids is 1. The molecule has 8 nitrogen and oxygen atoms in total. The van der Waals surface area contributed by atoms with E-state index in [0.717, 1.165) is 24.6 Å². The molecule has 0 unspecified atom stereocenters. The first kappa shape index (κ1) is 14.2. The summed E-state index contributed by atoms with van der Waals surface area (Å²) in [4.78, 5) is 24.9. The van der Waals surface area contributed by atoms with Gasteiger partial charge in [0.2, 0.25) is 0 Å². The summed E-state index contributed by atoms with van der Waals surface area (Å²) in [7, 11) is 0. The van der Waals surface area contributed by atoms with E-state index in [2.05, 4.69) is 20.0 Å². The summed E-state index contributed by atoms with van der Waals surface area (Å²) in [6, 6.07) is 4.29. The normalized spacial score (nSPS) is 16.7. The number of amides is 1.